The van der Waals surface area contributed by atoms with Crippen molar-refractivity contribution in [3.05, 3.63) is 34.9 Å². The zero-order chi connectivity index (χ0) is 13.1. The van der Waals surface area contributed by atoms with E-state index in [1.807, 2.05) is 0 Å². The fourth-order valence-electron chi connectivity index (χ4n) is 1.51. The first-order chi connectivity index (χ1) is 8.63. The molecule has 0 atom stereocenters. The Hall–Kier alpha value is -1.88. The largest absolute Gasteiger partial charge is 0.463 e. The third kappa shape index (κ3) is 2.36. The highest BCUT2D eigenvalue weighted by Crippen LogP contribution is 2.27. The fourth-order valence-corrected chi connectivity index (χ4v) is 1.80. The Bertz CT molecular complexity index is 567. The molecule has 5 nitrogen and oxygen atoms in total. The van der Waals surface area contributed by atoms with Crippen molar-refractivity contribution in [3.63, 3.8) is 0 Å². The molecule has 0 unspecified atom stereocenters. The summed E-state index contributed by atoms with van der Waals surface area (Å²) in [6.07, 6.45) is 1.50. The molecular formula is C12H11ClN2O3. The zero-order valence-electron chi connectivity index (χ0n) is 9.94. The smallest absolute Gasteiger partial charge is 0.343 e. The van der Waals surface area contributed by atoms with E-state index >= 15 is 0 Å². The molecule has 94 valence electrons. The molecule has 0 saturated heterocycles. The van der Waals surface area contributed by atoms with Crippen molar-refractivity contribution in [1.29, 1.82) is 0 Å². The quantitative estimate of drug-likeness (QED) is 0.631. The fraction of sp³-hybridized carbons (Fsp3) is 0.250. The highest BCUT2D eigenvalue weighted by molar-refractivity contribution is 6.33. The zero-order valence-corrected chi connectivity index (χ0v) is 10.7. The van der Waals surface area contributed by atoms with E-state index in [0.29, 0.717) is 17.3 Å². The van der Waals surface area contributed by atoms with Crippen LogP contribution in [-0.2, 0) is 4.74 Å². The molecule has 2 rings (SSSR count). The number of rotatable bonds is 3. The van der Waals surface area contributed by atoms with Crippen molar-refractivity contribution in [3.8, 4) is 11.5 Å². The summed E-state index contributed by atoms with van der Waals surface area (Å²) in [5, 5.41) is 0.0624. The van der Waals surface area contributed by atoms with E-state index in [-0.39, 0.29) is 17.3 Å². The van der Waals surface area contributed by atoms with Crippen LogP contribution >= 0.6 is 11.6 Å². The van der Waals surface area contributed by atoms with Crippen LogP contribution < -0.4 is 0 Å². The minimum atomic E-state index is -0.561. The number of hydrogen-bond acceptors (Lipinski definition) is 5. The number of carbonyl (C=O) groups is 1. The van der Waals surface area contributed by atoms with Crippen molar-refractivity contribution >= 4 is 17.6 Å². The van der Waals surface area contributed by atoms with Crippen molar-refractivity contribution < 1.29 is 13.9 Å². The van der Waals surface area contributed by atoms with Gasteiger partial charge >= 0.3 is 5.97 Å². The molecule has 0 aliphatic heterocycles. The van der Waals surface area contributed by atoms with Crippen LogP contribution in [0.4, 0.5) is 0 Å². The van der Waals surface area contributed by atoms with Crippen LogP contribution in [0, 0.1) is 6.92 Å². The van der Waals surface area contributed by atoms with E-state index in [2.05, 4.69) is 9.97 Å². The Balaban J connectivity index is 2.59. The second-order valence-electron chi connectivity index (χ2n) is 3.48. The van der Waals surface area contributed by atoms with Gasteiger partial charge in [0.05, 0.1) is 12.9 Å². The van der Waals surface area contributed by atoms with Crippen molar-refractivity contribution in [2.24, 2.45) is 0 Å². The highest BCUT2D eigenvalue weighted by Gasteiger charge is 2.22. The van der Waals surface area contributed by atoms with E-state index in [9.17, 15) is 4.79 Å². The minimum Gasteiger partial charge on any atom is -0.463 e. The Morgan fingerprint density at radius 3 is 2.89 bits per heavy atom. The average molecular weight is 267 g/mol. The summed E-state index contributed by atoms with van der Waals surface area (Å²) in [5.74, 6) is 0.346. The Labute approximate surface area is 109 Å². The molecule has 0 bridgehead atoms. The number of aryl methyl sites for hydroxylation is 1. The summed E-state index contributed by atoms with van der Waals surface area (Å²) in [6.45, 7) is 3.65. The molecule has 0 saturated carbocycles. The molecule has 0 aliphatic carbocycles. The number of esters is 1. The van der Waals surface area contributed by atoms with Gasteiger partial charge in [0.1, 0.15) is 22.2 Å². The summed E-state index contributed by atoms with van der Waals surface area (Å²) in [4.78, 5) is 20.0. The first-order valence-corrected chi connectivity index (χ1v) is 5.76. The number of nitrogens with zero attached hydrogens (tertiary/aromatic N) is 2. The lowest BCUT2D eigenvalue weighted by molar-refractivity contribution is 0.0526. The summed E-state index contributed by atoms with van der Waals surface area (Å²) in [7, 11) is 0. The van der Waals surface area contributed by atoms with Crippen LogP contribution in [0.15, 0.2) is 22.8 Å². The molecule has 0 fully saturated rings. The Kier molecular flexibility index (Phi) is 3.62. The van der Waals surface area contributed by atoms with Gasteiger partial charge in [-0.1, -0.05) is 11.6 Å². The lowest BCUT2D eigenvalue weighted by Crippen LogP contribution is -2.10. The molecule has 18 heavy (non-hydrogen) atoms. The number of ether oxygens (including phenoxy) is 1. The van der Waals surface area contributed by atoms with Gasteiger partial charge in [0, 0.05) is 0 Å². The third-order valence-corrected chi connectivity index (χ3v) is 2.48. The second-order valence-corrected chi connectivity index (χ2v) is 3.84. The summed E-state index contributed by atoms with van der Waals surface area (Å²) in [5.41, 5.74) is 0.468. The first-order valence-electron chi connectivity index (χ1n) is 5.38. The average Bonchev–Trinajstić information content (AvgIpc) is 2.81. The van der Waals surface area contributed by atoms with Gasteiger partial charge in [-0.3, -0.25) is 0 Å². The maximum atomic E-state index is 11.9. The van der Waals surface area contributed by atoms with Gasteiger partial charge in [-0.25, -0.2) is 14.8 Å². The van der Waals surface area contributed by atoms with E-state index in [1.165, 1.54) is 6.26 Å². The van der Waals surface area contributed by atoms with Crippen molar-refractivity contribution in [2.75, 3.05) is 6.61 Å². The lowest BCUT2D eigenvalue weighted by Gasteiger charge is -2.08. The van der Waals surface area contributed by atoms with Crippen LogP contribution in [0.2, 0.25) is 5.15 Å². The molecular weight excluding hydrogens is 256 g/mol. The van der Waals surface area contributed by atoms with Crippen LogP contribution in [0.25, 0.3) is 11.5 Å². The maximum absolute atomic E-state index is 11.9. The Morgan fingerprint density at radius 2 is 2.28 bits per heavy atom. The molecule has 2 aromatic rings. The van der Waals surface area contributed by atoms with Crippen molar-refractivity contribution in [1.82, 2.24) is 9.97 Å². The van der Waals surface area contributed by atoms with E-state index in [1.54, 1.807) is 26.0 Å². The van der Waals surface area contributed by atoms with Crippen molar-refractivity contribution in [2.45, 2.75) is 13.8 Å². The molecule has 0 amide bonds. The van der Waals surface area contributed by atoms with Gasteiger partial charge in [-0.2, -0.15) is 0 Å². The summed E-state index contributed by atoms with van der Waals surface area (Å²) in [6, 6.07) is 3.40. The van der Waals surface area contributed by atoms with Gasteiger partial charge in [0.2, 0.25) is 0 Å². The molecule has 0 radical (unpaired) electrons. The molecule has 6 heteroatoms. The molecule has 0 N–H and O–H groups in total. The standard InChI is InChI=1S/C12H11ClN2O3/c1-3-17-12(16)9-10(8-5-4-6-18-8)14-7(2)15-11(9)13/h4-6H,3H2,1-2H3. The van der Waals surface area contributed by atoms with E-state index in [4.69, 9.17) is 20.8 Å². The van der Waals surface area contributed by atoms with Gasteiger partial charge in [-0.05, 0) is 26.0 Å². The number of aromatic nitrogens is 2. The van der Waals surface area contributed by atoms with Crippen LogP contribution in [0.1, 0.15) is 23.1 Å². The monoisotopic (exact) mass is 266 g/mol. The number of halogens is 1. The summed E-state index contributed by atoms with van der Waals surface area (Å²) >= 11 is 5.99. The SMILES string of the molecule is CCOC(=O)c1c(Cl)nc(C)nc1-c1ccco1. The number of hydrogen-bond donors (Lipinski definition) is 0. The molecule has 2 aromatic heterocycles. The van der Waals surface area contributed by atoms with E-state index < -0.39 is 5.97 Å². The lowest BCUT2D eigenvalue weighted by atomic mass is 10.2. The van der Waals surface area contributed by atoms with Crippen LogP contribution in [-0.4, -0.2) is 22.5 Å². The van der Waals surface area contributed by atoms with E-state index in [0.717, 1.165) is 0 Å². The van der Waals surface area contributed by atoms with Crippen LogP contribution in [0.5, 0.6) is 0 Å². The van der Waals surface area contributed by atoms with Gasteiger partial charge in [0.15, 0.2) is 5.76 Å². The predicted octanol–water partition coefficient (Wildman–Crippen LogP) is 2.88. The Morgan fingerprint density at radius 1 is 1.50 bits per heavy atom. The van der Waals surface area contributed by atoms with Gasteiger partial charge < -0.3 is 9.15 Å². The van der Waals surface area contributed by atoms with Crippen LogP contribution in [0.3, 0.4) is 0 Å². The minimum absolute atomic E-state index is 0.0624. The maximum Gasteiger partial charge on any atom is 0.343 e. The molecule has 0 aliphatic rings. The number of furan rings is 1. The highest BCUT2D eigenvalue weighted by atomic mass is 35.5. The van der Waals surface area contributed by atoms with Gasteiger partial charge in [-0.15, -0.1) is 0 Å². The predicted molar refractivity (Wildman–Crippen MR) is 65.4 cm³/mol. The first kappa shape index (κ1) is 12.6. The normalized spacial score (nSPS) is 10.4. The number of carbonyl (C=O) groups excluding carboxylic acids is 1. The molecule has 2 heterocycles. The molecule has 0 aromatic carbocycles. The third-order valence-electron chi connectivity index (χ3n) is 2.21. The van der Waals surface area contributed by atoms with Gasteiger partial charge in [0.25, 0.3) is 0 Å². The topological polar surface area (TPSA) is 65.2 Å². The summed E-state index contributed by atoms with van der Waals surface area (Å²) < 4.78 is 10.2. The molecule has 0 spiro atoms. The second kappa shape index (κ2) is 5.18.